The molecule has 1 aromatic heterocycles. The van der Waals surface area contributed by atoms with Crippen LogP contribution in [0.1, 0.15) is 27.1 Å². The van der Waals surface area contributed by atoms with Crippen molar-refractivity contribution >= 4 is 17.3 Å². The van der Waals surface area contributed by atoms with Crippen LogP contribution in [0.2, 0.25) is 0 Å². The van der Waals surface area contributed by atoms with E-state index >= 15 is 0 Å². The number of nitrogens with zero attached hydrogens (tertiary/aromatic N) is 1. The first-order chi connectivity index (χ1) is 8.16. The molecule has 1 heterocycles. The average molecular weight is 248 g/mol. The Morgan fingerprint density at radius 2 is 2.12 bits per heavy atom. The minimum absolute atomic E-state index is 0.0634. The van der Waals surface area contributed by atoms with E-state index in [0.29, 0.717) is 11.4 Å². The first kappa shape index (κ1) is 11.8. The maximum Gasteiger partial charge on any atom is 0.355 e. The Morgan fingerprint density at radius 3 is 2.71 bits per heavy atom. The van der Waals surface area contributed by atoms with Crippen molar-refractivity contribution in [2.75, 3.05) is 0 Å². The van der Waals surface area contributed by atoms with Gasteiger partial charge in [0.2, 0.25) is 0 Å². The second-order valence-corrected chi connectivity index (χ2v) is 4.56. The number of carbonyl (C=O) groups is 1. The SMILES string of the molecule is NC(Cc1ccccc1)c1nc(C(=O)O)cs1. The number of thiazole rings is 1. The second kappa shape index (κ2) is 5.07. The van der Waals surface area contributed by atoms with Crippen LogP contribution in [-0.2, 0) is 6.42 Å². The van der Waals surface area contributed by atoms with Crippen LogP contribution in [0.5, 0.6) is 0 Å². The zero-order valence-electron chi connectivity index (χ0n) is 9.04. The van der Waals surface area contributed by atoms with E-state index in [2.05, 4.69) is 4.98 Å². The Kier molecular flexibility index (Phi) is 3.51. The molecule has 0 saturated heterocycles. The van der Waals surface area contributed by atoms with Gasteiger partial charge in [-0.25, -0.2) is 9.78 Å². The summed E-state index contributed by atoms with van der Waals surface area (Å²) in [6, 6.07) is 9.58. The minimum Gasteiger partial charge on any atom is -0.476 e. The number of aromatic carboxylic acids is 1. The zero-order chi connectivity index (χ0) is 12.3. The highest BCUT2D eigenvalue weighted by atomic mass is 32.1. The van der Waals surface area contributed by atoms with Crippen molar-refractivity contribution in [3.63, 3.8) is 0 Å². The highest BCUT2D eigenvalue weighted by molar-refractivity contribution is 7.09. The van der Waals surface area contributed by atoms with Gasteiger partial charge in [0.1, 0.15) is 5.01 Å². The number of nitrogens with two attached hydrogens (primary N) is 1. The van der Waals surface area contributed by atoms with Gasteiger partial charge in [0.15, 0.2) is 5.69 Å². The molecule has 0 aliphatic rings. The second-order valence-electron chi connectivity index (χ2n) is 3.67. The van der Waals surface area contributed by atoms with E-state index in [1.165, 1.54) is 16.7 Å². The monoisotopic (exact) mass is 248 g/mol. The number of rotatable bonds is 4. The molecule has 1 unspecified atom stereocenters. The lowest BCUT2D eigenvalue weighted by molar-refractivity contribution is 0.0691. The van der Waals surface area contributed by atoms with Gasteiger partial charge in [0.25, 0.3) is 0 Å². The third kappa shape index (κ3) is 2.89. The molecule has 3 N–H and O–H groups in total. The van der Waals surface area contributed by atoms with Crippen LogP contribution in [0.15, 0.2) is 35.7 Å². The predicted molar refractivity (Wildman–Crippen MR) is 66.1 cm³/mol. The lowest BCUT2D eigenvalue weighted by Gasteiger charge is -2.07. The van der Waals surface area contributed by atoms with Gasteiger partial charge < -0.3 is 10.8 Å². The van der Waals surface area contributed by atoms with Crippen LogP contribution in [0.4, 0.5) is 0 Å². The number of aromatic nitrogens is 1. The molecule has 5 heteroatoms. The van der Waals surface area contributed by atoms with Crippen molar-refractivity contribution in [2.24, 2.45) is 5.73 Å². The van der Waals surface area contributed by atoms with Crippen LogP contribution < -0.4 is 5.73 Å². The van der Waals surface area contributed by atoms with Gasteiger partial charge in [-0.2, -0.15) is 0 Å². The molecule has 1 aromatic carbocycles. The van der Waals surface area contributed by atoms with Gasteiger partial charge in [-0.3, -0.25) is 0 Å². The molecule has 2 aromatic rings. The van der Waals surface area contributed by atoms with Gasteiger partial charge in [-0.15, -0.1) is 11.3 Å². The molecule has 17 heavy (non-hydrogen) atoms. The summed E-state index contributed by atoms with van der Waals surface area (Å²) in [6.45, 7) is 0. The molecule has 0 spiro atoms. The molecule has 1 atom stereocenters. The summed E-state index contributed by atoms with van der Waals surface area (Å²) in [5.41, 5.74) is 7.18. The summed E-state index contributed by atoms with van der Waals surface area (Å²) >= 11 is 1.29. The molecule has 0 amide bonds. The zero-order valence-corrected chi connectivity index (χ0v) is 9.85. The lowest BCUT2D eigenvalue weighted by Crippen LogP contribution is -2.13. The molecule has 0 bridgehead atoms. The number of carboxylic acids is 1. The fourth-order valence-electron chi connectivity index (χ4n) is 1.51. The first-order valence-electron chi connectivity index (χ1n) is 5.15. The van der Waals surface area contributed by atoms with E-state index in [0.717, 1.165) is 5.56 Å². The normalized spacial score (nSPS) is 12.3. The predicted octanol–water partition coefficient (Wildman–Crippen LogP) is 2.08. The van der Waals surface area contributed by atoms with Gasteiger partial charge in [0, 0.05) is 5.38 Å². The number of carboxylic acid groups (broad SMARTS) is 1. The molecule has 0 saturated carbocycles. The Bertz CT molecular complexity index is 510. The quantitative estimate of drug-likeness (QED) is 0.868. The van der Waals surface area contributed by atoms with Gasteiger partial charge >= 0.3 is 5.97 Å². The van der Waals surface area contributed by atoms with Crippen molar-refractivity contribution in [2.45, 2.75) is 12.5 Å². The summed E-state index contributed by atoms with van der Waals surface area (Å²) in [5, 5.41) is 10.9. The van der Waals surface area contributed by atoms with E-state index in [4.69, 9.17) is 10.8 Å². The van der Waals surface area contributed by atoms with Crippen molar-refractivity contribution in [3.05, 3.63) is 52.0 Å². The summed E-state index contributed by atoms with van der Waals surface area (Å²) in [4.78, 5) is 14.7. The van der Waals surface area contributed by atoms with Crippen molar-refractivity contribution in [1.82, 2.24) is 4.98 Å². The Morgan fingerprint density at radius 1 is 1.41 bits per heavy atom. The van der Waals surface area contributed by atoms with E-state index in [9.17, 15) is 4.79 Å². The maximum absolute atomic E-state index is 10.7. The van der Waals surface area contributed by atoms with Gasteiger partial charge in [0.05, 0.1) is 6.04 Å². The Labute approximate surface area is 103 Å². The van der Waals surface area contributed by atoms with Crippen molar-refractivity contribution in [1.29, 1.82) is 0 Å². The number of hydrogen-bond acceptors (Lipinski definition) is 4. The van der Waals surface area contributed by atoms with Gasteiger partial charge in [-0.1, -0.05) is 30.3 Å². The molecule has 2 rings (SSSR count). The maximum atomic E-state index is 10.7. The third-order valence-electron chi connectivity index (χ3n) is 2.36. The fraction of sp³-hybridized carbons (Fsp3) is 0.167. The lowest BCUT2D eigenvalue weighted by atomic mass is 10.1. The highest BCUT2D eigenvalue weighted by Gasteiger charge is 2.14. The molecular formula is C12H12N2O2S. The average Bonchev–Trinajstić information content (AvgIpc) is 2.79. The van der Waals surface area contributed by atoms with Crippen LogP contribution in [0.25, 0.3) is 0 Å². The smallest absolute Gasteiger partial charge is 0.355 e. The van der Waals surface area contributed by atoms with E-state index < -0.39 is 5.97 Å². The minimum atomic E-state index is -1.01. The molecule has 4 nitrogen and oxygen atoms in total. The summed E-state index contributed by atoms with van der Waals surface area (Å²) in [7, 11) is 0. The summed E-state index contributed by atoms with van der Waals surface area (Å²) in [5.74, 6) is -1.01. The molecular weight excluding hydrogens is 236 g/mol. The molecule has 0 fully saturated rings. The fourth-order valence-corrected chi connectivity index (χ4v) is 2.31. The summed E-state index contributed by atoms with van der Waals surface area (Å²) < 4.78 is 0. The third-order valence-corrected chi connectivity index (χ3v) is 3.33. The topological polar surface area (TPSA) is 76.2 Å². The van der Waals surface area contributed by atoms with Gasteiger partial charge in [-0.05, 0) is 12.0 Å². The number of benzene rings is 1. The first-order valence-corrected chi connectivity index (χ1v) is 6.03. The van der Waals surface area contributed by atoms with Crippen LogP contribution in [-0.4, -0.2) is 16.1 Å². The van der Waals surface area contributed by atoms with Crippen LogP contribution in [0, 0.1) is 0 Å². The van der Waals surface area contributed by atoms with E-state index in [-0.39, 0.29) is 11.7 Å². The van der Waals surface area contributed by atoms with E-state index in [1.54, 1.807) is 0 Å². The molecule has 0 aliphatic heterocycles. The molecule has 88 valence electrons. The number of hydrogen-bond donors (Lipinski definition) is 2. The van der Waals surface area contributed by atoms with Crippen LogP contribution >= 0.6 is 11.3 Å². The summed E-state index contributed by atoms with van der Waals surface area (Å²) in [6.07, 6.45) is 0.660. The van der Waals surface area contributed by atoms with Crippen molar-refractivity contribution < 1.29 is 9.90 Å². The van der Waals surface area contributed by atoms with E-state index in [1.807, 2.05) is 30.3 Å². The molecule has 0 radical (unpaired) electrons. The largest absolute Gasteiger partial charge is 0.476 e. The highest BCUT2D eigenvalue weighted by Crippen LogP contribution is 2.20. The standard InChI is InChI=1S/C12H12N2O2S/c13-9(6-8-4-2-1-3-5-8)11-14-10(7-17-11)12(15)16/h1-5,7,9H,6,13H2,(H,15,16). The Hall–Kier alpha value is -1.72. The van der Waals surface area contributed by atoms with Crippen molar-refractivity contribution in [3.8, 4) is 0 Å². The van der Waals surface area contributed by atoms with Crippen LogP contribution in [0.3, 0.4) is 0 Å². The molecule has 0 aliphatic carbocycles. The Balaban J connectivity index is 2.09.